The lowest BCUT2D eigenvalue weighted by molar-refractivity contribution is -0.137. The molecule has 178 valence electrons. The minimum Gasteiger partial charge on any atom is -0.354 e. The third-order valence-electron chi connectivity index (χ3n) is 5.17. The number of aromatic nitrogens is 1. The van der Waals surface area contributed by atoms with Crippen LogP contribution in [0.3, 0.4) is 0 Å². The van der Waals surface area contributed by atoms with Crippen LogP contribution in [-0.2, 0) is 21.0 Å². The number of halogens is 3. The van der Waals surface area contributed by atoms with E-state index in [9.17, 15) is 26.4 Å². The molecule has 7 nitrogen and oxygen atoms in total. The minimum atomic E-state index is -4.51. The SMILES string of the molecule is Cc1noc(C=Cc2ccc(S(=O)(=O)Nc3ccc(C(F)(F)F)cc3)cc2)c1NC(=O)C1CC1. The second-order valence-electron chi connectivity index (χ2n) is 7.85. The van der Waals surface area contributed by atoms with E-state index in [1.165, 1.54) is 12.1 Å². The zero-order valence-corrected chi connectivity index (χ0v) is 18.7. The topological polar surface area (TPSA) is 101 Å². The van der Waals surface area contributed by atoms with Gasteiger partial charge in [-0.2, -0.15) is 13.2 Å². The maximum Gasteiger partial charge on any atom is 0.416 e. The molecule has 3 aromatic rings. The molecule has 0 unspecified atom stereocenters. The Bertz CT molecular complexity index is 1330. The summed E-state index contributed by atoms with van der Waals surface area (Å²) in [6, 6.07) is 9.57. The number of sulfonamides is 1. The van der Waals surface area contributed by atoms with E-state index < -0.39 is 21.8 Å². The first-order chi connectivity index (χ1) is 16.0. The van der Waals surface area contributed by atoms with Gasteiger partial charge in [0.05, 0.1) is 10.5 Å². The number of benzene rings is 2. The van der Waals surface area contributed by atoms with Gasteiger partial charge in [-0.1, -0.05) is 23.4 Å². The molecule has 0 radical (unpaired) electrons. The molecule has 11 heteroatoms. The fourth-order valence-electron chi connectivity index (χ4n) is 3.10. The Kier molecular flexibility index (Phi) is 6.22. The smallest absolute Gasteiger partial charge is 0.354 e. The molecule has 2 N–H and O–H groups in total. The van der Waals surface area contributed by atoms with Gasteiger partial charge in [0.15, 0.2) is 5.76 Å². The van der Waals surface area contributed by atoms with E-state index in [1.807, 2.05) is 0 Å². The van der Waals surface area contributed by atoms with E-state index >= 15 is 0 Å². The van der Waals surface area contributed by atoms with Gasteiger partial charge >= 0.3 is 6.18 Å². The Morgan fingerprint density at radius 2 is 1.71 bits per heavy atom. The number of hydrogen-bond acceptors (Lipinski definition) is 5. The Morgan fingerprint density at radius 3 is 2.29 bits per heavy atom. The molecule has 1 aliphatic rings. The number of nitrogens with zero attached hydrogens (tertiary/aromatic N) is 1. The molecule has 0 saturated heterocycles. The van der Waals surface area contributed by atoms with Crippen molar-refractivity contribution in [2.75, 3.05) is 10.0 Å². The van der Waals surface area contributed by atoms with E-state index in [0.29, 0.717) is 22.7 Å². The number of aryl methyl sites for hydroxylation is 1. The Hall–Kier alpha value is -3.60. The highest BCUT2D eigenvalue weighted by molar-refractivity contribution is 7.92. The van der Waals surface area contributed by atoms with Crippen molar-refractivity contribution in [3.8, 4) is 0 Å². The molecule has 1 amide bonds. The molecule has 1 saturated carbocycles. The summed E-state index contributed by atoms with van der Waals surface area (Å²) in [4.78, 5) is 12.0. The summed E-state index contributed by atoms with van der Waals surface area (Å²) < 4.78 is 70.7. The van der Waals surface area contributed by atoms with Crippen LogP contribution in [0.2, 0.25) is 0 Å². The van der Waals surface area contributed by atoms with Crippen LogP contribution in [-0.4, -0.2) is 19.5 Å². The Balaban J connectivity index is 1.45. The van der Waals surface area contributed by atoms with Crippen molar-refractivity contribution in [1.82, 2.24) is 5.16 Å². The highest BCUT2D eigenvalue weighted by atomic mass is 32.2. The Labute approximate surface area is 193 Å². The number of nitrogens with one attached hydrogen (secondary N) is 2. The van der Waals surface area contributed by atoms with Crippen LogP contribution >= 0.6 is 0 Å². The number of rotatable bonds is 7. The molecule has 0 bridgehead atoms. The van der Waals surface area contributed by atoms with Crippen molar-refractivity contribution >= 4 is 39.5 Å². The van der Waals surface area contributed by atoms with E-state index in [-0.39, 0.29) is 22.4 Å². The first-order valence-corrected chi connectivity index (χ1v) is 11.8. The van der Waals surface area contributed by atoms with Gasteiger partial charge < -0.3 is 9.84 Å². The highest BCUT2D eigenvalue weighted by Crippen LogP contribution is 2.32. The molecular formula is C23H20F3N3O4S. The quantitative estimate of drug-likeness (QED) is 0.466. The summed E-state index contributed by atoms with van der Waals surface area (Å²) in [6.45, 7) is 1.71. The van der Waals surface area contributed by atoms with Crippen LogP contribution in [0.15, 0.2) is 57.9 Å². The first kappa shape index (κ1) is 23.6. The maximum absolute atomic E-state index is 12.7. The molecular weight excluding hydrogens is 471 g/mol. The predicted molar refractivity (Wildman–Crippen MR) is 120 cm³/mol. The largest absolute Gasteiger partial charge is 0.416 e. The molecule has 1 aliphatic carbocycles. The number of carbonyl (C=O) groups excluding carboxylic acids is 1. The number of carbonyl (C=O) groups is 1. The second kappa shape index (κ2) is 8.98. The van der Waals surface area contributed by atoms with Gasteiger partial charge in [0, 0.05) is 11.6 Å². The van der Waals surface area contributed by atoms with Crippen molar-refractivity contribution in [2.24, 2.45) is 5.92 Å². The fraction of sp³-hybridized carbons (Fsp3) is 0.217. The molecule has 0 aliphatic heterocycles. The standard InChI is InChI=1S/C23H20F3N3O4S/c1-14-21(27-22(30)16-5-6-16)20(33-28-14)13-4-15-2-11-19(12-3-15)34(31,32)29-18-9-7-17(8-10-18)23(24,25)26/h2-4,7-13,16,29H,5-6H2,1H3,(H,27,30). The molecule has 1 aromatic heterocycles. The molecule has 1 heterocycles. The zero-order chi connectivity index (χ0) is 24.5. The van der Waals surface area contributed by atoms with Gasteiger partial charge in [-0.15, -0.1) is 0 Å². The minimum absolute atomic E-state index is 0.0124. The van der Waals surface area contributed by atoms with Gasteiger partial charge in [-0.25, -0.2) is 8.42 Å². The van der Waals surface area contributed by atoms with Gasteiger partial charge in [0.1, 0.15) is 11.4 Å². The summed E-state index contributed by atoms with van der Waals surface area (Å²) >= 11 is 0. The van der Waals surface area contributed by atoms with Crippen molar-refractivity contribution < 1.29 is 30.9 Å². The van der Waals surface area contributed by atoms with Crippen LogP contribution in [0.5, 0.6) is 0 Å². The van der Waals surface area contributed by atoms with Crippen LogP contribution in [0, 0.1) is 12.8 Å². The molecule has 1 fully saturated rings. The monoisotopic (exact) mass is 491 g/mol. The van der Waals surface area contributed by atoms with Gasteiger partial charge in [0.2, 0.25) is 5.91 Å². The molecule has 0 spiro atoms. The van der Waals surface area contributed by atoms with E-state index in [1.54, 1.807) is 31.2 Å². The summed E-state index contributed by atoms with van der Waals surface area (Å²) in [7, 11) is -4.00. The first-order valence-electron chi connectivity index (χ1n) is 10.3. The lowest BCUT2D eigenvalue weighted by atomic mass is 10.2. The molecule has 34 heavy (non-hydrogen) atoms. The number of alkyl halides is 3. The van der Waals surface area contributed by atoms with Gasteiger partial charge in [0.25, 0.3) is 10.0 Å². The molecule has 4 rings (SSSR count). The molecule has 0 atom stereocenters. The van der Waals surface area contributed by atoms with Crippen LogP contribution in [0.25, 0.3) is 12.2 Å². The average Bonchev–Trinajstić information content (AvgIpc) is 3.58. The van der Waals surface area contributed by atoms with Crippen molar-refractivity contribution in [3.63, 3.8) is 0 Å². The van der Waals surface area contributed by atoms with Crippen LogP contribution < -0.4 is 10.0 Å². The maximum atomic E-state index is 12.7. The van der Waals surface area contributed by atoms with Gasteiger partial charge in [-0.05, 0) is 67.8 Å². The number of anilines is 2. The highest BCUT2D eigenvalue weighted by Gasteiger charge is 2.31. The Morgan fingerprint density at radius 1 is 1.06 bits per heavy atom. The van der Waals surface area contributed by atoms with Gasteiger partial charge in [-0.3, -0.25) is 9.52 Å². The predicted octanol–water partition coefficient (Wildman–Crippen LogP) is 5.32. The van der Waals surface area contributed by atoms with Crippen molar-refractivity contribution in [3.05, 3.63) is 71.1 Å². The summed E-state index contributed by atoms with van der Waals surface area (Å²) in [5, 5.41) is 6.70. The third kappa shape index (κ3) is 5.48. The summed E-state index contributed by atoms with van der Waals surface area (Å²) in [6.07, 6.45) is 0.516. The summed E-state index contributed by atoms with van der Waals surface area (Å²) in [5.74, 6) is 0.319. The summed E-state index contributed by atoms with van der Waals surface area (Å²) in [5.41, 5.74) is 0.835. The zero-order valence-electron chi connectivity index (χ0n) is 17.9. The van der Waals surface area contributed by atoms with E-state index in [0.717, 1.165) is 37.1 Å². The van der Waals surface area contributed by atoms with E-state index in [4.69, 9.17) is 4.52 Å². The average molecular weight is 491 g/mol. The number of amides is 1. The third-order valence-corrected chi connectivity index (χ3v) is 6.56. The second-order valence-corrected chi connectivity index (χ2v) is 9.54. The lowest BCUT2D eigenvalue weighted by Crippen LogP contribution is -2.14. The van der Waals surface area contributed by atoms with Crippen LogP contribution in [0.4, 0.5) is 24.5 Å². The fourth-order valence-corrected chi connectivity index (χ4v) is 4.15. The van der Waals surface area contributed by atoms with E-state index in [2.05, 4.69) is 15.2 Å². The molecule has 2 aromatic carbocycles. The van der Waals surface area contributed by atoms with Crippen molar-refractivity contribution in [2.45, 2.75) is 30.8 Å². The van der Waals surface area contributed by atoms with Crippen molar-refractivity contribution in [1.29, 1.82) is 0 Å². The van der Waals surface area contributed by atoms with Crippen LogP contribution in [0.1, 0.15) is 35.4 Å². The number of hydrogen-bond donors (Lipinski definition) is 2. The lowest BCUT2D eigenvalue weighted by Gasteiger charge is -2.10. The normalized spacial score (nSPS) is 14.4.